The molecular formula is C18H28N2. The van der Waals surface area contributed by atoms with E-state index in [-0.39, 0.29) is 0 Å². The van der Waals surface area contributed by atoms with E-state index in [1.165, 1.54) is 62.7 Å². The first-order valence-corrected chi connectivity index (χ1v) is 8.54. The SMILES string of the molecule is CCNCC1CCCCC1C1CCCc2cccnc21. The standard InChI is InChI=1S/C18H28N2/c1-2-19-13-15-7-3-4-10-16(15)17-11-5-8-14-9-6-12-20-18(14)17/h6,9,12,15-17,19H,2-5,7-8,10-11,13H2,1H3. The molecule has 20 heavy (non-hydrogen) atoms. The first-order chi connectivity index (χ1) is 9.90. The topological polar surface area (TPSA) is 24.9 Å². The molecule has 2 aliphatic carbocycles. The van der Waals surface area contributed by atoms with E-state index in [1.54, 1.807) is 0 Å². The summed E-state index contributed by atoms with van der Waals surface area (Å²) in [5, 5.41) is 3.59. The minimum Gasteiger partial charge on any atom is -0.317 e. The van der Waals surface area contributed by atoms with Crippen LogP contribution in [0, 0.1) is 11.8 Å². The van der Waals surface area contributed by atoms with Crippen LogP contribution in [0.2, 0.25) is 0 Å². The summed E-state index contributed by atoms with van der Waals surface area (Å²) in [6.45, 7) is 4.53. The molecule has 1 saturated carbocycles. The van der Waals surface area contributed by atoms with E-state index in [2.05, 4.69) is 24.4 Å². The lowest BCUT2D eigenvalue weighted by Gasteiger charge is -2.39. The summed E-state index contributed by atoms with van der Waals surface area (Å²) >= 11 is 0. The summed E-state index contributed by atoms with van der Waals surface area (Å²) in [6, 6.07) is 4.41. The molecule has 0 amide bonds. The van der Waals surface area contributed by atoms with Crippen molar-refractivity contribution in [1.82, 2.24) is 10.3 Å². The first kappa shape index (κ1) is 14.1. The number of aryl methyl sites for hydroxylation is 1. The molecule has 0 spiro atoms. The molecule has 110 valence electrons. The van der Waals surface area contributed by atoms with Crippen molar-refractivity contribution in [1.29, 1.82) is 0 Å². The molecule has 0 radical (unpaired) electrons. The van der Waals surface area contributed by atoms with Crippen molar-refractivity contribution in [3.8, 4) is 0 Å². The zero-order valence-electron chi connectivity index (χ0n) is 12.8. The summed E-state index contributed by atoms with van der Waals surface area (Å²) in [5.74, 6) is 2.45. The quantitative estimate of drug-likeness (QED) is 0.898. The van der Waals surface area contributed by atoms with E-state index in [0.29, 0.717) is 0 Å². The summed E-state index contributed by atoms with van der Waals surface area (Å²) in [7, 11) is 0. The van der Waals surface area contributed by atoms with E-state index in [1.807, 2.05) is 6.20 Å². The van der Waals surface area contributed by atoms with Crippen LogP contribution in [0.3, 0.4) is 0 Å². The highest BCUT2D eigenvalue weighted by molar-refractivity contribution is 5.27. The third kappa shape index (κ3) is 2.90. The summed E-state index contributed by atoms with van der Waals surface area (Å²) < 4.78 is 0. The van der Waals surface area contributed by atoms with E-state index in [9.17, 15) is 0 Å². The Kier molecular flexibility index (Phi) is 4.72. The smallest absolute Gasteiger partial charge is 0.0469 e. The fraction of sp³-hybridized carbons (Fsp3) is 0.722. The van der Waals surface area contributed by atoms with Gasteiger partial charge in [-0.25, -0.2) is 0 Å². The molecule has 3 unspecified atom stereocenters. The Hall–Kier alpha value is -0.890. The molecule has 3 atom stereocenters. The largest absolute Gasteiger partial charge is 0.317 e. The van der Waals surface area contributed by atoms with Gasteiger partial charge in [-0.3, -0.25) is 4.98 Å². The van der Waals surface area contributed by atoms with Crippen LogP contribution in [0.25, 0.3) is 0 Å². The van der Waals surface area contributed by atoms with Gasteiger partial charge in [-0.1, -0.05) is 25.8 Å². The van der Waals surface area contributed by atoms with E-state index in [0.717, 1.165) is 24.3 Å². The second-order valence-corrected chi connectivity index (χ2v) is 6.56. The highest BCUT2D eigenvalue weighted by atomic mass is 14.8. The van der Waals surface area contributed by atoms with Crippen LogP contribution < -0.4 is 5.32 Å². The lowest BCUT2D eigenvalue weighted by molar-refractivity contribution is 0.182. The van der Waals surface area contributed by atoms with E-state index in [4.69, 9.17) is 4.98 Å². The molecule has 1 aromatic rings. The number of aromatic nitrogens is 1. The van der Waals surface area contributed by atoms with Gasteiger partial charge in [0.2, 0.25) is 0 Å². The van der Waals surface area contributed by atoms with Crippen LogP contribution in [-0.2, 0) is 6.42 Å². The maximum atomic E-state index is 4.77. The Morgan fingerprint density at radius 2 is 2.10 bits per heavy atom. The molecule has 2 nitrogen and oxygen atoms in total. The fourth-order valence-electron chi connectivity index (χ4n) is 4.41. The van der Waals surface area contributed by atoms with Gasteiger partial charge in [0, 0.05) is 17.8 Å². The lowest BCUT2D eigenvalue weighted by Crippen LogP contribution is -2.35. The second kappa shape index (κ2) is 6.71. The number of nitrogens with one attached hydrogen (secondary N) is 1. The monoisotopic (exact) mass is 272 g/mol. The maximum Gasteiger partial charge on any atom is 0.0469 e. The Morgan fingerprint density at radius 1 is 1.20 bits per heavy atom. The molecule has 2 aliphatic rings. The molecule has 1 fully saturated rings. The second-order valence-electron chi connectivity index (χ2n) is 6.56. The average Bonchev–Trinajstić information content (AvgIpc) is 2.53. The van der Waals surface area contributed by atoms with Gasteiger partial charge in [-0.05, 0) is 68.7 Å². The van der Waals surface area contributed by atoms with Gasteiger partial charge in [0.15, 0.2) is 0 Å². The molecule has 1 heterocycles. The van der Waals surface area contributed by atoms with Gasteiger partial charge in [0.05, 0.1) is 0 Å². The van der Waals surface area contributed by atoms with Crippen LogP contribution >= 0.6 is 0 Å². The van der Waals surface area contributed by atoms with Crippen molar-refractivity contribution >= 4 is 0 Å². The minimum atomic E-state index is 0.726. The van der Waals surface area contributed by atoms with Crippen LogP contribution in [0.5, 0.6) is 0 Å². The van der Waals surface area contributed by atoms with Crippen molar-refractivity contribution in [3.63, 3.8) is 0 Å². The van der Waals surface area contributed by atoms with Crippen molar-refractivity contribution in [2.24, 2.45) is 11.8 Å². The van der Waals surface area contributed by atoms with Gasteiger partial charge in [-0.15, -0.1) is 0 Å². The van der Waals surface area contributed by atoms with Crippen molar-refractivity contribution in [3.05, 3.63) is 29.6 Å². The van der Waals surface area contributed by atoms with Crippen molar-refractivity contribution < 1.29 is 0 Å². The summed E-state index contributed by atoms with van der Waals surface area (Å²) in [6.07, 6.45) is 11.6. The molecule has 0 aromatic carbocycles. The molecule has 0 saturated heterocycles. The van der Waals surface area contributed by atoms with E-state index >= 15 is 0 Å². The molecule has 1 N–H and O–H groups in total. The van der Waals surface area contributed by atoms with Crippen molar-refractivity contribution in [2.75, 3.05) is 13.1 Å². The maximum absolute atomic E-state index is 4.77. The van der Waals surface area contributed by atoms with Crippen LogP contribution in [0.4, 0.5) is 0 Å². The van der Waals surface area contributed by atoms with E-state index < -0.39 is 0 Å². The molecule has 3 rings (SSSR count). The van der Waals surface area contributed by atoms with Gasteiger partial charge in [-0.2, -0.15) is 0 Å². The zero-order chi connectivity index (χ0) is 13.8. The molecular weight excluding hydrogens is 244 g/mol. The number of nitrogens with zero attached hydrogens (tertiary/aromatic N) is 1. The summed E-state index contributed by atoms with van der Waals surface area (Å²) in [5.41, 5.74) is 2.96. The molecule has 0 aliphatic heterocycles. The van der Waals surface area contributed by atoms with Gasteiger partial charge in [0.1, 0.15) is 0 Å². The Labute approximate surface area is 123 Å². The number of fused-ring (bicyclic) bond motifs is 1. The molecule has 1 aromatic heterocycles. The minimum absolute atomic E-state index is 0.726. The van der Waals surface area contributed by atoms with Crippen LogP contribution in [0.1, 0.15) is 62.6 Å². The highest BCUT2D eigenvalue weighted by Crippen LogP contribution is 2.44. The number of hydrogen-bond donors (Lipinski definition) is 1. The third-order valence-electron chi connectivity index (χ3n) is 5.38. The van der Waals surface area contributed by atoms with Gasteiger partial charge in [0.25, 0.3) is 0 Å². The van der Waals surface area contributed by atoms with Crippen LogP contribution in [0.15, 0.2) is 18.3 Å². The number of pyridine rings is 1. The highest BCUT2D eigenvalue weighted by Gasteiger charge is 2.35. The van der Waals surface area contributed by atoms with Gasteiger partial charge < -0.3 is 5.32 Å². The number of rotatable bonds is 4. The summed E-state index contributed by atoms with van der Waals surface area (Å²) in [4.78, 5) is 4.77. The zero-order valence-corrected chi connectivity index (χ0v) is 12.8. The fourth-order valence-corrected chi connectivity index (χ4v) is 4.41. The Bertz CT molecular complexity index is 429. The number of hydrogen-bond acceptors (Lipinski definition) is 2. The Morgan fingerprint density at radius 3 is 3.00 bits per heavy atom. The van der Waals surface area contributed by atoms with Crippen molar-refractivity contribution in [2.45, 2.75) is 57.8 Å². The molecule has 2 heteroatoms. The Balaban J connectivity index is 1.80. The van der Waals surface area contributed by atoms with Gasteiger partial charge >= 0.3 is 0 Å². The van der Waals surface area contributed by atoms with Crippen LogP contribution in [-0.4, -0.2) is 18.1 Å². The third-order valence-corrected chi connectivity index (χ3v) is 5.38. The molecule has 0 bridgehead atoms. The predicted octanol–water partition coefficient (Wildman–Crippen LogP) is 3.92. The first-order valence-electron chi connectivity index (χ1n) is 8.54. The predicted molar refractivity (Wildman–Crippen MR) is 83.9 cm³/mol. The average molecular weight is 272 g/mol. The lowest BCUT2D eigenvalue weighted by atomic mass is 9.67. The normalized spacial score (nSPS) is 29.9.